The fourth-order valence-corrected chi connectivity index (χ4v) is 3.62. The number of hydrogen-bond donors (Lipinski definition) is 1. The van der Waals surface area contributed by atoms with Gasteiger partial charge in [-0.15, -0.1) is 11.3 Å². The summed E-state index contributed by atoms with van der Waals surface area (Å²) >= 11 is 8.14. The Morgan fingerprint density at radius 2 is 2.06 bits per heavy atom. The highest BCUT2D eigenvalue weighted by Gasteiger charge is 2.16. The lowest BCUT2D eigenvalue weighted by molar-refractivity contribution is 0.178. The molecule has 0 fully saturated rings. The van der Waals surface area contributed by atoms with Crippen LogP contribution in [-0.4, -0.2) is 5.11 Å². The molecular formula is C12H9Br2FOS. The summed E-state index contributed by atoms with van der Waals surface area (Å²) in [6, 6.07) is 6.62. The van der Waals surface area contributed by atoms with Crippen molar-refractivity contribution in [1.82, 2.24) is 0 Å². The summed E-state index contributed by atoms with van der Waals surface area (Å²) < 4.78 is 14.6. The third-order valence-corrected chi connectivity index (χ3v) is 5.20. The van der Waals surface area contributed by atoms with Gasteiger partial charge in [0.25, 0.3) is 0 Å². The summed E-state index contributed by atoms with van der Waals surface area (Å²) in [5.41, 5.74) is 0.574. The monoisotopic (exact) mass is 378 g/mol. The molecule has 1 nitrogen and oxygen atoms in total. The zero-order valence-corrected chi connectivity index (χ0v) is 12.6. The molecule has 5 heteroatoms. The molecule has 1 atom stereocenters. The first-order chi connectivity index (χ1) is 8.09. The second-order valence-electron chi connectivity index (χ2n) is 3.55. The van der Waals surface area contributed by atoms with E-state index in [1.54, 1.807) is 23.5 Å². The van der Waals surface area contributed by atoms with Crippen LogP contribution < -0.4 is 0 Å². The summed E-state index contributed by atoms with van der Waals surface area (Å²) in [7, 11) is 0. The van der Waals surface area contributed by atoms with Gasteiger partial charge in [-0.1, -0.05) is 12.1 Å². The van der Waals surface area contributed by atoms with Crippen LogP contribution in [-0.2, 0) is 6.42 Å². The molecule has 0 aliphatic rings. The number of rotatable bonds is 3. The van der Waals surface area contributed by atoms with Crippen molar-refractivity contribution in [2.75, 3.05) is 0 Å². The topological polar surface area (TPSA) is 20.2 Å². The summed E-state index contributed by atoms with van der Waals surface area (Å²) in [4.78, 5) is 1.05. The lowest BCUT2D eigenvalue weighted by Crippen LogP contribution is -2.02. The van der Waals surface area contributed by atoms with Crippen LogP contribution in [0.1, 0.15) is 16.5 Å². The van der Waals surface area contributed by atoms with E-state index in [-0.39, 0.29) is 5.82 Å². The molecule has 1 unspecified atom stereocenters. The van der Waals surface area contributed by atoms with E-state index in [9.17, 15) is 9.50 Å². The predicted molar refractivity (Wildman–Crippen MR) is 74.8 cm³/mol. The van der Waals surface area contributed by atoms with Gasteiger partial charge in [-0.25, -0.2) is 4.39 Å². The number of thiophene rings is 1. The molecule has 1 heterocycles. The molecular weight excluding hydrogens is 371 g/mol. The van der Waals surface area contributed by atoms with Gasteiger partial charge in [-0.2, -0.15) is 0 Å². The Hall–Kier alpha value is -0.230. The second kappa shape index (κ2) is 5.61. The number of benzene rings is 1. The summed E-state index contributed by atoms with van der Waals surface area (Å²) in [5, 5.41) is 12.1. The molecule has 1 N–H and O–H groups in total. The van der Waals surface area contributed by atoms with E-state index < -0.39 is 6.10 Å². The molecule has 1 aromatic heterocycles. The summed E-state index contributed by atoms with van der Waals surface area (Å²) in [5.74, 6) is -0.355. The van der Waals surface area contributed by atoms with Crippen LogP contribution in [0.3, 0.4) is 0 Å². The minimum Gasteiger partial charge on any atom is -0.388 e. The highest BCUT2D eigenvalue weighted by atomic mass is 79.9. The first-order valence-corrected chi connectivity index (χ1v) is 7.40. The van der Waals surface area contributed by atoms with Gasteiger partial charge in [-0.05, 0) is 54.9 Å². The number of aliphatic hydroxyl groups is 1. The van der Waals surface area contributed by atoms with Crippen molar-refractivity contribution in [2.24, 2.45) is 0 Å². The molecule has 0 radical (unpaired) electrons. The molecule has 90 valence electrons. The zero-order chi connectivity index (χ0) is 12.4. The average molecular weight is 380 g/mol. The van der Waals surface area contributed by atoms with Gasteiger partial charge < -0.3 is 5.11 Å². The van der Waals surface area contributed by atoms with E-state index >= 15 is 0 Å². The van der Waals surface area contributed by atoms with E-state index in [0.717, 1.165) is 9.35 Å². The smallest absolute Gasteiger partial charge is 0.137 e. The molecule has 0 saturated carbocycles. The van der Waals surface area contributed by atoms with Crippen molar-refractivity contribution in [2.45, 2.75) is 12.5 Å². The van der Waals surface area contributed by atoms with Gasteiger partial charge in [-0.3, -0.25) is 0 Å². The first-order valence-electron chi connectivity index (χ1n) is 4.93. The number of aliphatic hydroxyl groups excluding tert-OH is 1. The van der Waals surface area contributed by atoms with E-state index in [0.29, 0.717) is 16.5 Å². The molecule has 0 aliphatic carbocycles. The van der Waals surface area contributed by atoms with Crippen molar-refractivity contribution < 1.29 is 9.50 Å². The molecule has 1 aromatic carbocycles. The van der Waals surface area contributed by atoms with E-state index in [4.69, 9.17) is 0 Å². The van der Waals surface area contributed by atoms with Crippen LogP contribution in [0.25, 0.3) is 0 Å². The SMILES string of the molecule is OC(Cc1sccc1Br)c1cccc(F)c1Br. The van der Waals surface area contributed by atoms with E-state index in [1.807, 2.05) is 11.4 Å². The summed E-state index contributed by atoms with van der Waals surface area (Å²) in [6.45, 7) is 0. The molecule has 0 aliphatic heterocycles. The lowest BCUT2D eigenvalue weighted by Gasteiger charge is -2.12. The van der Waals surface area contributed by atoms with Gasteiger partial charge in [0.15, 0.2) is 0 Å². The molecule has 17 heavy (non-hydrogen) atoms. The van der Waals surface area contributed by atoms with Crippen molar-refractivity contribution in [3.8, 4) is 0 Å². The van der Waals surface area contributed by atoms with Gasteiger partial charge in [0, 0.05) is 15.8 Å². The number of halogens is 3. The molecule has 0 spiro atoms. The van der Waals surface area contributed by atoms with Crippen molar-refractivity contribution in [3.05, 3.63) is 54.8 Å². The predicted octanol–water partition coefficient (Wildman–Crippen LogP) is 4.69. The van der Waals surface area contributed by atoms with Crippen molar-refractivity contribution in [3.63, 3.8) is 0 Å². The molecule has 0 saturated heterocycles. The third-order valence-electron chi connectivity index (χ3n) is 2.41. The highest BCUT2D eigenvalue weighted by molar-refractivity contribution is 9.10. The Bertz CT molecular complexity index is 527. The van der Waals surface area contributed by atoms with Gasteiger partial charge in [0.2, 0.25) is 0 Å². The van der Waals surface area contributed by atoms with Crippen LogP contribution in [0.5, 0.6) is 0 Å². The Morgan fingerprint density at radius 3 is 2.71 bits per heavy atom. The lowest BCUT2D eigenvalue weighted by atomic mass is 10.1. The maximum Gasteiger partial charge on any atom is 0.137 e. The van der Waals surface area contributed by atoms with E-state index in [1.165, 1.54) is 6.07 Å². The third kappa shape index (κ3) is 2.96. The Labute approximate surface area is 120 Å². The zero-order valence-electron chi connectivity index (χ0n) is 8.66. The van der Waals surface area contributed by atoms with Gasteiger partial charge >= 0.3 is 0 Å². The van der Waals surface area contributed by atoms with Crippen LogP contribution in [0, 0.1) is 5.82 Å². The maximum atomic E-state index is 13.3. The fourth-order valence-electron chi connectivity index (χ4n) is 1.53. The van der Waals surface area contributed by atoms with Crippen LogP contribution in [0.2, 0.25) is 0 Å². The quantitative estimate of drug-likeness (QED) is 0.820. The van der Waals surface area contributed by atoms with E-state index in [2.05, 4.69) is 31.9 Å². The van der Waals surface area contributed by atoms with Crippen LogP contribution in [0.4, 0.5) is 4.39 Å². The Kier molecular flexibility index (Phi) is 4.36. The average Bonchev–Trinajstić information content (AvgIpc) is 2.68. The molecule has 0 bridgehead atoms. The Morgan fingerprint density at radius 1 is 1.29 bits per heavy atom. The minimum atomic E-state index is -0.713. The number of hydrogen-bond acceptors (Lipinski definition) is 2. The van der Waals surface area contributed by atoms with Crippen LogP contribution >= 0.6 is 43.2 Å². The Balaban J connectivity index is 2.23. The second-order valence-corrected chi connectivity index (χ2v) is 6.20. The van der Waals surface area contributed by atoms with Gasteiger partial charge in [0.05, 0.1) is 10.6 Å². The van der Waals surface area contributed by atoms with Crippen molar-refractivity contribution >= 4 is 43.2 Å². The minimum absolute atomic E-state index is 0.333. The maximum absolute atomic E-state index is 13.3. The van der Waals surface area contributed by atoms with Crippen molar-refractivity contribution in [1.29, 1.82) is 0 Å². The largest absolute Gasteiger partial charge is 0.388 e. The first kappa shape index (κ1) is 13.2. The molecule has 2 rings (SSSR count). The van der Waals surface area contributed by atoms with Crippen LogP contribution in [0.15, 0.2) is 38.6 Å². The molecule has 0 amide bonds. The molecule has 2 aromatic rings. The summed E-state index contributed by atoms with van der Waals surface area (Å²) in [6.07, 6.45) is -0.240. The fraction of sp³-hybridized carbons (Fsp3) is 0.167. The normalized spacial score (nSPS) is 12.7. The standard InChI is InChI=1S/C12H9Br2FOS/c13-8-4-5-17-11(8)6-10(16)7-2-1-3-9(15)12(7)14/h1-5,10,16H,6H2. The van der Waals surface area contributed by atoms with Gasteiger partial charge in [0.1, 0.15) is 5.82 Å². The highest BCUT2D eigenvalue weighted by Crippen LogP contribution is 2.32.